The highest BCUT2D eigenvalue weighted by Gasteiger charge is 2.34. The van der Waals surface area contributed by atoms with Gasteiger partial charge in [0.1, 0.15) is 6.29 Å². The Morgan fingerprint density at radius 1 is 1.15 bits per heavy atom. The molecular weight excluding hydrogens is 446 g/mol. The average Bonchev–Trinajstić information content (AvgIpc) is 3.21. The second kappa shape index (κ2) is 12.7. The van der Waals surface area contributed by atoms with Gasteiger partial charge in [0.15, 0.2) is 0 Å². The van der Waals surface area contributed by atoms with Crippen molar-refractivity contribution < 1.29 is 14.4 Å². The lowest BCUT2D eigenvalue weighted by Gasteiger charge is -2.22. The van der Waals surface area contributed by atoms with Crippen LogP contribution in [0.15, 0.2) is 47.4 Å². The molecule has 182 valence electrons. The number of aldehydes is 1. The van der Waals surface area contributed by atoms with Crippen molar-refractivity contribution in [1.82, 2.24) is 15.1 Å². The number of rotatable bonds is 13. The summed E-state index contributed by atoms with van der Waals surface area (Å²) in [6, 6.07) is 14.0. The highest BCUT2D eigenvalue weighted by Crippen LogP contribution is 2.35. The number of benzene rings is 2. The van der Waals surface area contributed by atoms with E-state index < -0.39 is 6.04 Å². The maximum absolute atomic E-state index is 13.0. The zero-order chi connectivity index (χ0) is 24.5. The minimum atomic E-state index is -0.598. The molecule has 6 nitrogen and oxygen atoms in total. The summed E-state index contributed by atoms with van der Waals surface area (Å²) in [6.07, 6.45) is 2.37. The van der Waals surface area contributed by atoms with E-state index in [9.17, 15) is 14.4 Å². The third-order valence-corrected chi connectivity index (χ3v) is 7.66. The molecule has 0 saturated heterocycles. The van der Waals surface area contributed by atoms with E-state index in [4.69, 9.17) is 0 Å². The molecule has 1 aliphatic rings. The Kier molecular flexibility index (Phi) is 9.72. The van der Waals surface area contributed by atoms with Gasteiger partial charge >= 0.3 is 0 Å². The molecule has 2 amide bonds. The largest absolute Gasteiger partial charge is 0.359 e. The monoisotopic (exact) mass is 481 g/mol. The number of thioether (sulfide) groups is 1. The van der Waals surface area contributed by atoms with Crippen LogP contribution in [0.25, 0.3) is 0 Å². The molecule has 1 atom stereocenters. The molecule has 2 aromatic rings. The molecule has 7 heteroatoms. The molecule has 0 aromatic heterocycles. The van der Waals surface area contributed by atoms with Crippen LogP contribution in [0.2, 0.25) is 0 Å². The molecule has 0 bridgehead atoms. The Balaban J connectivity index is 1.62. The van der Waals surface area contributed by atoms with Gasteiger partial charge in [0, 0.05) is 42.8 Å². The van der Waals surface area contributed by atoms with Crippen LogP contribution in [-0.4, -0.2) is 60.6 Å². The van der Waals surface area contributed by atoms with E-state index in [2.05, 4.69) is 48.3 Å². The zero-order valence-corrected chi connectivity index (χ0v) is 21.2. The quantitative estimate of drug-likeness (QED) is 0.347. The normalized spacial score (nSPS) is 13.8. The van der Waals surface area contributed by atoms with E-state index in [0.717, 1.165) is 48.6 Å². The summed E-state index contributed by atoms with van der Waals surface area (Å²) in [6.45, 7) is 8.02. The van der Waals surface area contributed by atoms with Crippen LogP contribution < -0.4 is 5.32 Å². The second-order valence-corrected chi connectivity index (χ2v) is 9.53. The maximum atomic E-state index is 13.0. The van der Waals surface area contributed by atoms with Gasteiger partial charge in [-0.1, -0.05) is 44.2 Å². The van der Waals surface area contributed by atoms with E-state index >= 15 is 0 Å². The highest BCUT2D eigenvalue weighted by atomic mass is 32.2. The molecule has 0 radical (unpaired) electrons. The number of hydrogen-bond donors (Lipinski definition) is 1. The van der Waals surface area contributed by atoms with Gasteiger partial charge in [-0.05, 0) is 54.8 Å². The summed E-state index contributed by atoms with van der Waals surface area (Å²) < 4.78 is 0. The fourth-order valence-electron chi connectivity index (χ4n) is 4.22. The fraction of sp³-hybridized carbons (Fsp3) is 0.444. The number of amides is 2. The summed E-state index contributed by atoms with van der Waals surface area (Å²) in [5.74, 6) is 0.546. The van der Waals surface area contributed by atoms with E-state index in [-0.39, 0.29) is 18.2 Å². The van der Waals surface area contributed by atoms with Crippen molar-refractivity contribution in [2.24, 2.45) is 0 Å². The number of fused-ring (bicyclic) bond motifs is 1. The Labute approximate surface area is 207 Å². The molecule has 0 aliphatic carbocycles. The standard InChI is InChI=1S/C27H35N3O3S/c1-4-29(5-2)16-15-20-9-11-21(12-10-20)19-34-25-8-6-7-23-24(25)17-30(27(23)33)22(18-31)13-14-26(32)28-3/h6-12,18,22H,4-5,13-17,19H2,1-3H3,(H,28,32). The molecule has 1 aliphatic heterocycles. The SMILES string of the molecule is CCN(CC)CCc1ccc(CSc2cccc3c2CN(C(C=O)CCC(=O)NC)C3=O)cc1. The van der Waals surface area contributed by atoms with Crippen molar-refractivity contribution in [2.45, 2.75) is 56.3 Å². The Morgan fingerprint density at radius 3 is 2.50 bits per heavy atom. The zero-order valence-electron chi connectivity index (χ0n) is 20.4. The molecule has 34 heavy (non-hydrogen) atoms. The first-order valence-electron chi connectivity index (χ1n) is 12.0. The Hall–Kier alpha value is -2.64. The fourth-order valence-corrected chi connectivity index (χ4v) is 5.26. The lowest BCUT2D eigenvalue weighted by Crippen LogP contribution is -2.37. The molecule has 3 rings (SSSR count). The van der Waals surface area contributed by atoms with Gasteiger partial charge in [0.05, 0.1) is 6.04 Å². The van der Waals surface area contributed by atoms with Crippen molar-refractivity contribution in [1.29, 1.82) is 0 Å². The van der Waals surface area contributed by atoms with Crippen LogP contribution >= 0.6 is 11.8 Å². The summed E-state index contributed by atoms with van der Waals surface area (Å²) in [7, 11) is 1.57. The lowest BCUT2D eigenvalue weighted by atomic mass is 10.1. The summed E-state index contributed by atoms with van der Waals surface area (Å²) in [5, 5.41) is 2.56. The van der Waals surface area contributed by atoms with E-state index in [1.165, 1.54) is 11.1 Å². The van der Waals surface area contributed by atoms with E-state index in [1.807, 2.05) is 18.2 Å². The third-order valence-electron chi connectivity index (χ3n) is 6.48. The maximum Gasteiger partial charge on any atom is 0.255 e. The summed E-state index contributed by atoms with van der Waals surface area (Å²) in [5.41, 5.74) is 4.22. The molecule has 0 fully saturated rings. The number of hydrogen-bond acceptors (Lipinski definition) is 5. The molecule has 2 aromatic carbocycles. The van der Waals surface area contributed by atoms with Gasteiger partial charge in [-0.2, -0.15) is 0 Å². The smallest absolute Gasteiger partial charge is 0.255 e. The third kappa shape index (κ3) is 6.48. The molecule has 0 spiro atoms. The predicted octanol–water partition coefficient (Wildman–Crippen LogP) is 3.91. The van der Waals surface area contributed by atoms with E-state index in [1.54, 1.807) is 23.7 Å². The van der Waals surface area contributed by atoms with Crippen LogP contribution in [0.4, 0.5) is 0 Å². The predicted molar refractivity (Wildman–Crippen MR) is 137 cm³/mol. The lowest BCUT2D eigenvalue weighted by molar-refractivity contribution is -0.121. The average molecular weight is 482 g/mol. The van der Waals surface area contributed by atoms with Gasteiger partial charge < -0.3 is 19.9 Å². The summed E-state index contributed by atoms with van der Waals surface area (Å²) in [4.78, 5) is 41.4. The second-order valence-electron chi connectivity index (χ2n) is 8.51. The van der Waals surface area contributed by atoms with Crippen LogP contribution in [0.3, 0.4) is 0 Å². The minimum absolute atomic E-state index is 0.133. The van der Waals surface area contributed by atoms with Gasteiger partial charge in [-0.25, -0.2) is 0 Å². The summed E-state index contributed by atoms with van der Waals surface area (Å²) >= 11 is 1.72. The Bertz CT molecular complexity index is 989. The van der Waals surface area contributed by atoms with Crippen molar-refractivity contribution >= 4 is 29.9 Å². The number of carbonyl (C=O) groups is 3. The first-order chi connectivity index (χ1) is 16.5. The molecule has 1 heterocycles. The van der Waals surface area contributed by atoms with Crippen molar-refractivity contribution in [3.8, 4) is 0 Å². The van der Waals surface area contributed by atoms with Crippen LogP contribution in [0.1, 0.15) is 53.7 Å². The van der Waals surface area contributed by atoms with Crippen molar-refractivity contribution in [3.63, 3.8) is 0 Å². The van der Waals surface area contributed by atoms with E-state index in [0.29, 0.717) is 18.5 Å². The minimum Gasteiger partial charge on any atom is -0.359 e. The molecule has 0 saturated carbocycles. The molecular formula is C27H35N3O3S. The first kappa shape index (κ1) is 26.0. The molecule has 1 N–H and O–H groups in total. The van der Waals surface area contributed by atoms with Gasteiger partial charge in [0.25, 0.3) is 5.91 Å². The number of likely N-dealkylation sites (N-methyl/N-ethyl adjacent to an activating group) is 1. The first-order valence-corrected chi connectivity index (χ1v) is 13.0. The van der Waals surface area contributed by atoms with Gasteiger partial charge in [-0.15, -0.1) is 11.8 Å². The van der Waals surface area contributed by atoms with Crippen LogP contribution in [0, 0.1) is 0 Å². The van der Waals surface area contributed by atoms with Crippen LogP contribution in [0.5, 0.6) is 0 Å². The Morgan fingerprint density at radius 2 is 1.85 bits per heavy atom. The van der Waals surface area contributed by atoms with Crippen molar-refractivity contribution in [2.75, 3.05) is 26.7 Å². The highest BCUT2D eigenvalue weighted by molar-refractivity contribution is 7.98. The van der Waals surface area contributed by atoms with Gasteiger partial charge in [-0.3, -0.25) is 9.59 Å². The molecule has 1 unspecified atom stereocenters. The number of nitrogens with one attached hydrogen (secondary N) is 1. The number of carbonyl (C=O) groups excluding carboxylic acids is 3. The van der Waals surface area contributed by atoms with Crippen LogP contribution in [-0.2, 0) is 28.3 Å². The number of nitrogens with zero attached hydrogens (tertiary/aromatic N) is 2. The van der Waals surface area contributed by atoms with Crippen molar-refractivity contribution in [3.05, 3.63) is 64.7 Å². The van der Waals surface area contributed by atoms with Gasteiger partial charge in [0.2, 0.25) is 5.91 Å². The topological polar surface area (TPSA) is 69.7 Å².